The van der Waals surface area contributed by atoms with Gasteiger partial charge in [-0.3, -0.25) is 0 Å². The first-order valence-corrected chi connectivity index (χ1v) is 6.34. The normalized spacial score (nSPS) is 11.1. The van der Waals surface area contributed by atoms with Crippen molar-refractivity contribution in [2.45, 2.75) is 17.7 Å². The van der Waals surface area contributed by atoms with Crippen LogP contribution in [0, 0.1) is 24.0 Å². The minimum Gasteiger partial charge on any atom is -0.211 e. The van der Waals surface area contributed by atoms with Crippen LogP contribution in [0.2, 0.25) is 0 Å². The molecule has 0 unspecified atom stereocenters. The number of halogens is 2. The Morgan fingerprint density at radius 3 is 2.65 bits per heavy atom. The predicted molar refractivity (Wildman–Crippen MR) is 59.6 cm³/mol. The maximum atomic E-state index is 13.2. The van der Waals surface area contributed by atoms with Crippen molar-refractivity contribution in [3.05, 3.63) is 29.8 Å². The zero-order valence-electron chi connectivity index (χ0n) is 8.91. The first kappa shape index (κ1) is 13.6. The van der Waals surface area contributed by atoms with E-state index in [4.69, 9.17) is 6.42 Å². The second kappa shape index (κ2) is 5.75. The molecule has 1 N–H and O–H groups in total. The minimum atomic E-state index is -3.95. The van der Waals surface area contributed by atoms with Crippen molar-refractivity contribution in [3.63, 3.8) is 0 Å². The van der Waals surface area contributed by atoms with Gasteiger partial charge in [0.25, 0.3) is 0 Å². The van der Waals surface area contributed by atoms with Crippen LogP contribution in [0.4, 0.5) is 8.78 Å². The summed E-state index contributed by atoms with van der Waals surface area (Å²) in [5.74, 6) is 0.413. The molecule has 0 heterocycles. The molecule has 0 saturated heterocycles. The molecule has 3 nitrogen and oxygen atoms in total. The Hall–Kier alpha value is -1.45. The van der Waals surface area contributed by atoms with Gasteiger partial charge in [-0.05, 0) is 18.6 Å². The molecule has 0 aliphatic heterocycles. The first-order chi connectivity index (χ1) is 7.97. The molecule has 17 heavy (non-hydrogen) atoms. The molecule has 0 radical (unpaired) electrons. The van der Waals surface area contributed by atoms with Gasteiger partial charge in [0.2, 0.25) is 10.0 Å². The average Bonchev–Trinajstić information content (AvgIpc) is 2.24. The fourth-order valence-corrected chi connectivity index (χ4v) is 2.30. The topological polar surface area (TPSA) is 46.2 Å². The molecule has 0 aliphatic rings. The lowest BCUT2D eigenvalue weighted by atomic mass is 10.3. The molecule has 0 amide bonds. The van der Waals surface area contributed by atoms with Gasteiger partial charge in [0.05, 0.1) is 0 Å². The molecule has 1 rings (SSSR count). The predicted octanol–water partition coefficient (Wildman–Crippen LogP) is 1.66. The van der Waals surface area contributed by atoms with Crippen LogP contribution in [0.25, 0.3) is 0 Å². The number of terminal acetylenes is 1. The standard InChI is InChI=1S/C11H11F2NO2S/c1-2-3-4-7-14-17(15,16)11-6-5-9(12)8-10(11)13/h1,5-6,8,14H,3-4,7H2. The van der Waals surface area contributed by atoms with Crippen molar-refractivity contribution < 1.29 is 17.2 Å². The van der Waals surface area contributed by atoms with E-state index in [1.165, 1.54) is 0 Å². The van der Waals surface area contributed by atoms with Gasteiger partial charge in [-0.25, -0.2) is 21.9 Å². The summed E-state index contributed by atoms with van der Waals surface area (Å²) in [6, 6.07) is 2.29. The van der Waals surface area contributed by atoms with Crippen LogP contribution in [0.5, 0.6) is 0 Å². The number of rotatable bonds is 5. The van der Waals surface area contributed by atoms with Crippen LogP contribution in [0.3, 0.4) is 0 Å². The van der Waals surface area contributed by atoms with Crippen LogP contribution in [-0.4, -0.2) is 15.0 Å². The molecule has 0 saturated carbocycles. The van der Waals surface area contributed by atoms with Gasteiger partial charge < -0.3 is 0 Å². The maximum absolute atomic E-state index is 13.2. The lowest BCUT2D eigenvalue weighted by Crippen LogP contribution is -2.25. The Kier molecular flexibility index (Phi) is 4.61. The highest BCUT2D eigenvalue weighted by molar-refractivity contribution is 7.89. The highest BCUT2D eigenvalue weighted by atomic mass is 32.2. The van der Waals surface area contributed by atoms with Gasteiger partial charge in [-0.15, -0.1) is 12.3 Å². The van der Waals surface area contributed by atoms with E-state index in [-0.39, 0.29) is 6.54 Å². The summed E-state index contributed by atoms with van der Waals surface area (Å²) in [5, 5.41) is 0. The molecular weight excluding hydrogens is 248 g/mol. The van der Waals surface area contributed by atoms with Crippen LogP contribution in [0.1, 0.15) is 12.8 Å². The summed E-state index contributed by atoms with van der Waals surface area (Å²) < 4.78 is 51.2. The highest BCUT2D eigenvalue weighted by Gasteiger charge is 2.18. The van der Waals surface area contributed by atoms with Crippen molar-refractivity contribution >= 4 is 10.0 Å². The number of nitrogens with one attached hydrogen (secondary N) is 1. The van der Waals surface area contributed by atoms with Crippen molar-refractivity contribution in [1.82, 2.24) is 4.72 Å². The Bertz CT molecular complexity index is 535. The first-order valence-electron chi connectivity index (χ1n) is 4.85. The molecule has 1 aromatic carbocycles. The summed E-state index contributed by atoms with van der Waals surface area (Å²) >= 11 is 0. The van der Waals surface area contributed by atoms with Crippen molar-refractivity contribution in [3.8, 4) is 12.3 Å². The van der Waals surface area contributed by atoms with Crippen molar-refractivity contribution in [2.75, 3.05) is 6.54 Å². The third kappa shape index (κ3) is 3.80. The van der Waals surface area contributed by atoms with E-state index in [9.17, 15) is 17.2 Å². The Labute approximate surface area is 98.9 Å². The van der Waals surface area contributed by atoms with Crippen LogP contribution < -0.4 is 4.72 Å². The van der Waals surface area contributed by atoms with E-state index in [1.54, 1.807) is 0 Å². The lowest BCUT2D eigenvalue weighted by Gasteiger charge is -2.06. The molecule has 6 heteroatoms. The van der Waals surface area contributed by atoms with Gasteiger partial charge in [0, 0.05) is 19.0 Å². The Morgan fingerprint density at radius 2 is 2.06 bits per heavy atom. The largest absolute Gasteiger partial charge is 0.243 e. The maximum Gasteiger partial charge on any atom is 0.243 e. The van der Waals surface area contributed by atoms with E-state index in [0.717, 1.165) is 12.1 Å². The number of hydrogen-bond acceptors (Lipinski definition) is 2. The fourth-order valence-electron chi connectivity index (χ4n) is 1.17. The smallest absolute Gasteiger partial charge is 0.211 e. The second-order valence-electron chi connectivity index (χ2n) is 3.28. The molecule has 0 fully saturated rings. The quantitative estimate of drug-likeness (QED) is 0.645. The number of unbranched alkanes of at least 4 members (excludes halogenated alkanes) is 1. The summed E-state index contributed by atoms with van der Waals surface area (Å²) in [6.45, 7) is 0.114. The average molecular weight is 259 g/mol. The fraction of sp³-hybridized carbons (Fsp3) is 0.273. The van der Waals surface area contributed by atoms with E-state index >= 15 is 0 Å². The summed E-state index contributed by atoms with van der Waals surface area (Å²) in [5.41, 5.74) is 0. The van der Waals surface area contributed by atoms with Crippen LogP contribution >= 0.6 is 0 Å². The summed E-state index contributed by atoms with van der Waals surface area (Å²) in [7, 11) is -3.95. The molecule has 0 aromatic heterocycles. The van der Waals surface area contributed by atoms with Crippen molar-refractivity contribution in [2.24, 2.45) is 0 Å². The van der Waals surface area contributed by atoms with E-state index in [2.05, 4.69) is 10.6 Å². The lowest BCUT2D eigenvalue weighted by molar-refractivity contribution is 0.542. The summed E-state index contributed by atoms with van der Waals surface area (Å²) in [4.78, 5) is -0.570. The second-order valence-corrected chi connectivity index (χ2v) is 5.02. The van der Waals surface area contributed by atoms with E-state index in [0.29, 0.717) is 18.9 Å². The summed E-state index contributed by atoms with van der Waals surface area (Å²) in [6.07, 6.45) is 5.88. The van der Waals surface area contributed by atoms with E-state index < -0.39 is 26.6 Å². The van der Waals surface area contributed by atoms with Gasteiger partial charge >= 0.3 is 0 Å². The highest BCUT2D eigenvalue weighted by Crippen LogP contribution is 2.15. The SMILES string of the molecule is C#CCCCNS(=O)(=O)c1ccc(F)cc1F. The third-order valence-electron chi connectivity index (χ3n) is 1.97. The Morgan fingerprint density at radius 1 is 1.35 bits per heavy atom. The molecule has 1 aromatic rings. The van der Waals surface area contributed by atoms with Gasteiger partial charge in [0.15, 0.2) is 0 Å². The van der Waals surface area contributed by atoms with Gasteiger partial charge in [-0.1, -0.05) is 0 Å². The number of benzene rings is 1. The van der Waals surface area contributed by atoms with Crippen LogP contribution in [0.15, 0.2) is 23.1 Å². The zero-order chi connectivity index (χ0) is 12.9. The zero-order valence-corrected chi connectivity index (χ0v) is 9.73. The van der Waals surface area contributed by atoms with Crippen LogP contribution in [-0.2, 0) is 10.0 Å². The third-order valence-corrected chi connectivity index (χ3v) is 3.47. The molecule has 0 bridgehead atoms. The molecule has 0 atom stereocenters. The number of sulfonamides is 1. The van der Waals surface area contributed by atoms with E-state index in [1.807, 2.05) is 0 Å². The molecular formula is C11H11F2NO2S. The van der Waals surface area contributed by atoms with Crippen molar-refractivity contribution in [1.29, 1.82) is 0 Å². The minimum absolute atomic E-state index is 0.114. The van der Waals surface area contributed by atoms with Gasteiger partial charge in [0.1, 0.15) is 16.5 Å². The molecule has 0 spiro atoms. The molecule has 0 aliphatic carbocycles. The number of hydrogen-bond donors (Lipinski definition) is 1. The van der Waals surface area contributed by atoms with Gasteiger partial charge in [-0.2, -0.15) is 0 Å². The molecule has 92 valence electrons. The Balaban J connectivity index is 2.80. The monoisotopic (exact) mass is 259 g/mol.